The summed E-state index contributed by atoms with van der Waals surface area (Å²) in [5.74, 6) is -1.84. The Balaban J connectivity index is 1.98. The Hall–Kier alpha value is -2.90. The van der Waals surface area contributed by atoms with Gasteiger partial charge in [-0.15, -0.1) is 0 Å². The summed E-state index contributed by atoms with van der Waals surface area (Å²) < 4.78 is 5.11. The van der Waals surface area contributed by atoms with E-state index in [0.717, 1.165) is 17.7 Å². The van der Waals surface area contributed by atoms with Gasteiger partial charge in [0.05, 0.1) is 12.5 Å². The maximum Gasteiger partial charge on any atom is 0.311 e. The fourth-order valence-electron chi connectivity index (χ4n) is 3.21. The van der Waals surface area contributed by atoms with Gasteiger partial charge in [0.25, 0.3) is 5.91 Å². The molecule has 1 saturated heterocycles. The molecule has 1 aliphatic heterocycles. The van der Waals surface area contributed by atoms with Crippen LogP contribution >= 0.6 is 0 Å². The zero-order chi connectivity index (χ0) is 21.6. The highest BCUT2D eigenvalue weighted by Gasteiger charge is 2.37. The first kappa shape index (κ1) is 22.4. The minimum absolute atomic E-state index is 0.0515. The molecule has 3 amide bonds. The Morgan fingerprint density at radius 1 is 1.31 bits per heavy atom. The molecule has 0 spiro atoms. The molecule has 29 heavy (non-hydrogen) atoms. The largest absolute Gasteiger partial charge is 0.455 e. The van der Waals surface area contributed by atoms with Gasteiger partial charge in [0, 0.05) is 32.7 Å². The van der Waals surface area contributed by atoms with E-state index in [1.165, 1.54) is 19.0 Å². The summed E-state index contributed by atoms with van der Waals surface area (Å²) in [6, 6.07) is 7.72. The fourth-order valence-corrected chi connectivity index (χ4v) is 3.21. The second-order valence-corrected chi connectivity index (χ2v) is 7.30. The molecule has 1 aromatic carbocycles. The van der Waals surface area contributed by atoms with Gasteiger partial charge in [0.2, 0.25) is 11.8 Å². The number of para-hydroxylation sites is 1. The van der Waals surface area contributed by atoms with E-state index < -0.39 is 24.4 Å². The Kier molecular flexibility index (Phi) is 7.75. The molecule has 0 unspecified atom stereocenters. The molecule has 0 bridgehead atoms. The third-order valence-electron chi connectivity index (χ3n) is 5.25. The third kappa shape index (κ3) is 5.56. The lowest BCUT2D eigenvalue weighted by atomic mass is 9.96. The van der Waals surface area contributed by atoms with E-state index in [1.54, 1.807) is 4.90 Å². The molecule has 0 radical (unpaired) electrons. The van der Waals surface area contributed by atoms with Crippen molar-refractivity contribution in [3.8, 4) is 0 Å². The highest BCUT2D eigenvalue weighted by molar-refractivity contribution is 6.00. The highest BCUT2D eigenvalue weighted by Crippen LogP contribution is 2.33. The first-order valence-electron chi connectivity index (χ1n) is 9.78. The number of carbonyl (C=O) groups is 4. The molecule has 1 N–H and O–H groups in total. The number of hydrogen-bond acceptors (Lipinski definition) is 5. The second kappa shape index (κ2) is 10.0. The van der Waals surface area contributed by atoms with E-state index in [-0.39, 0.29) is 31.3 Å². The van der Waals surface area contributed by atoms with Gasteiger partial charge in [-0.2, -0.15) is 0 Å². The van der Waals surface area contributed by atoms with E-state index in [2.05, 4.69) is 19.2 Å². The van der Waals surface area contributed by atoms with Crippen molar-refractivity contribution >= 4 is 29.4 Å². The number of ether oxygens (including phenoxy) is 1. The van der Waals surface area contributed by atoms with Crippen LogP contribution in [0, 0.1) is 5.92 Å². The van der Waals surface area contributed by atoms with Crippen molar-refractivity contribution in [2.24, 2.45) is 5.92 Å². The number of nitrogens with zero attached hydrogens (tertiary/aromatic N) is 2. The molecule has 0 aliphatic carbocycles. The number of nitrogens with one attached hydrogen (secondary N) is 1. The van der Waals surface area contributed by atoms with Gasteiger partial charge in [-0.05, 0) is 24.0 Å². The van der Waals surface area contributed by atoms with Gasteiger partial charge in [0.1, 0.15) is 0 Å². The monoisotopic (exact) mass is 403 g/mol. The highest BCUT2D eigenvalue weighted by atomic mass is 16.5. The van der Waals surface area contributed by atoms with Crippen molar-refractivity contribution in [2.45, 2.75) is 32.6 Å². The van der Waals surface area contributed by atoms with Crippen LogP contribution in [0.5, 0.6) is 0 Å². The van der Waals surface area contributed by atoms with Crippen LogP contribution < -0.4 is 10.2 Å². The van der Waals surface area contributed by atoms with Crippen LogP contribution in [0.2, 0.25) is 0 Å². The molecule has 8 nitrogen and oxygen atoms in total. The van der Waals surface area contributed by atoms with Gasteiger partial charge >= 0.3 is 5.97 Å². The van der Waals surface area contributed by atoms with E-state index in [4.69, 9.17) is 4.74 Å². The molecule has 1 fully saturated rings. The van der Waals surface area contributed by atoms with Gasteiger partial charge < -0.3 is 19.9 Å². The number of likely N-dealkylation sites (N-methyl/N-ethyl adjacent to an activating group) is 2. The van der Waals surface area contributed by atoms with E-state index in [0.29, 0.717) is 5.92 Å². The number of amides is 3. The second-order valence-electron chi connectivity index (χ2n) is 7.30. The van der Waals surface area contributed by atoms with Crippen LogP contribution in [0.4, 0.5) is 5.69 Å². The minimum Gasteiger partial charge on any atom is -0.455 e. The van der Waals surface area contributed by atoms with Crippen molar-refractivity contribution in [1.82, 2.24) is 10.2 Å². The third-order valence-corrected chi connectivity index (χ3v) is 5.25. The molecular weight excluding hydrogens is 374 g/mol. The number of rotatable bonds is 8. The predicted molar refractivity (Wildman–Crippen MR) is 108 cm³/mol. The molecule has 2 atom stereocenters. The first-order valence-corrected chi connectivity index (χ1v) is 9.78. The van der Waals surface area contributed by atoms with Crippen LogP contribution in [-0.2, 0) is 23.9 Å². The maximum atomic E-state index is 12.6. The molecule has 8 heteroatoms. The molecule has 1 heterocycles. The number of benzene rings is 1. The van der Waals surface area contributed by atoms with Crippen molar-refractivity contribution in [1.29, 1.82) is 0 Å². The first-order chi connectivity index (χ1) is 13.8. The van der Waals surface area contributed by atoms with Crippen LogP contribution in [0.3, 0.4) is 0 Å². The summed E-state index contributed by atoms with van der Waals surface area (Å²) in [5, 5.41) is 2.42. The fraction of sp³-hybridized carbons (Fsp3) is 0.524. The molecule has 1 aliphatic rings. The normalized spacial score (nSPS) is 17.0. The smallest absolute Gasteiger partial charge is 0.311 e. The summed E-state index contributed by atoms with van der Waals surface area (Å²) in [4.78, 5) is 51.1. The maximum absolute atomic E-state index is 12.6. The lowest BCUT2D eigenvalue weighted by Crippen LogP contribution is -2.39. The van der Waals surface area contributed by atoms with Gasteiger partial charge in [-0.3, -0.25) is 19.2 Å². The van der Waals surface area contributed by atoms with Crippen molar-refractivity contribution in [2.75, 3.05) is 38.7 Å². The van der Waals surface area contributed by atoms with Crippen LogP contribution in [-0.4, -0.2) is 62.4 Å². The van der Waals surface area contributed by atoms with Crippen LogP contribution in [0.1, 0.15) is 38.2 Å². The summed E-state index contributed by atoms with van der Waals surface area (Å²) in [6.07, 6.45) is 0.992. The number of esters is 1. The summed E-state index contributed by atoms with van der Waals surface area (Å²) in [6.45, 7) is 3.85. The average Bonchev–Trinajstić information content (AvgIpc) is 3.12. The number of anilines is 1. The molecular formula is C21H29N3O5. The Labute approximate surface area is 171 Å². The van der Waals surface area contributed by atoms with E-state index >= 15 is 0 Å². The SMILES string of the molecule is CC[C@H](C)c1ccccc1N1C[C@H](C(=O)OCC(=O)N(C)CC(=O)NC)CC1=O. The van der Waals surface area contributed by atoms with Crippen molar-refractivity contribution in [3.63, 3.8) is 0 Å². The molecule has 0 saturated carbocycles. The molecule has 0 aromatic heterocycles. The van der Waals surface area contributed by atoms with Crippen molar-refractivity contribution < 1.29 is 23.9 Å². The lowest BCUT2D eigenvalue weighted by molar-refractivity contribution is -0.155. The average molecular weight is 403 g/mol. The Morgan fingerprint density at radius 2 is 2.00 bits per heavy atom. The van der Waals surface area contributed by atoms with Gasteiger partial charge in [0.15, 0.2) is 6.61 Å². The van der Waals surface area contributed by atoms with Crippen LogP contribution in [0.25, 0.3) is 0 Å². The van der Waals surface area contributed by atoms with Crippen LogP contribution in [0.15, 0.2) is 24.3 Å². The molecule has 1 aromatic rings. The summed E-state index contributed by atoms with van der Waals surface area (Å²) >= 11 is 0. The zero-order valence-corrected chi connectivity index (χ0v) is 17.4. The predicted octanol–water partition coefficient (Wildman–Crippen LogP) is 1.30. The number of hydrogen-bond donors (Lipinski definition) is 1. The number of carbonyl (C=O) groups excluding carboxylic acids is 4. The van der Waals surface area contributed by atoms with E-state index in [9.17, 15) is 19.2 Å². The topological polar surface area (TPSA) is 96.0 Å². The zero-order valence-electron chi connectivity index (χ0n) is 17.4. The van der Waals surface area contributed by atoms with E-state index in [1.807, 2.05) is 24.3 Å². The Bertz CT molecular complexity index is 779. The minimum atomic E-state index is -0.621. The standard InChI is InChI=1S/C21H29N3O5/c1-5-14(2)16-8-6-7-9-17(16)24-11-15(10-19(24)26)21(28)29-13-20(27)23(4)12-18(25)22-3/h6-9,14-15H,5,10-13H2,1-4H3,(H,22,25)/t14-,15+/m0/s1. The van der Waals surface area contributed by atoms with Crippen molar-refractivity contribution in [3.05, 3.63) is 29.8 Å². The quantitative estimate of drug-likeness (QED) is 0.660. The Morgan fingerprint density at radius 3 is 2.66 bits per heavy atom. The molecule has 2 rings (SSSR count). The molecule has 158 valence electrons. The summed E-state index contributed by atoms with van der Waals surface area (Å²) in [5.41, 5.74) is 1.90. The van der Waals surface area contributed by atoms with Gasteiger partial charge in [-0.1, -0.05) is 32.0 Å². The summed E-state index contributed by atoms with van der Waals surface area (Å²) in [7, 11) is 2.93. The van der Waals surface area contributed by atoms with Gasteiger partial charge in [-0.25, -0.2) is 0 Å². The lowest BCUT2D eigenvalue weighted by Gasteiger charge is -2.23.